The molecule has 0 fully saturated rings. The van der Waals surface area contributed by atoms with Crippen LogP contribution in [0.15, 0.2) is 88.8 Å². The standard InChI is InChI=1S/C22H16IN5OS/c23-15-11-12-19-18(13-15)21(29)28(17-9-5-2-6-10-17)20(26-19)14-24-27-22(30)25-16-7-3-1-4-8-16/h1-14H,(H2,25,27,30)/b24-14+. The van der Waals surface area contributed by atoms with Gasteiger partial charge in [-0.3, -0.25) is 14.8 Å². The van der Waals surface area contributed by atoms with Crippen molar-refractivity contribution in [3.8, 4) is 5.69 Å². The minimum atomic E-state index is -0.156. The van der Waals surface area contributed by atoms with Gasteiger partial charge in [-0.25, -0.2) is 4.98 Å². The van der Waals surface area contributed by atoms with E-state index in [1.54, 1.807) is 0 Å². The Labute approximate surface area is 191 Å². The third-order valence-corrected chi connectivity index (χ3v) is 5.11. The summed E-state index contributed by atoms with van der Waals surface area (Å²) in [6, 6.07) is 24.5. The number of halogens is 1. The van der Waals surface area contributed by atoms with Crippen LogP contribution in [-0.4, -0.2) is 20.9 Å². The number of nitrogens with zero attached hydrogens (tertiary/aromatic N) is 3. The predicted octanol–water partition coefficient (Wildman–Crippen LogP) is 4.31. The Kier molecular flexibility index (Phi) is 6.15. The van der Waals surface area contributed by atoms with E-state index in [9.17, 15) is 4.79 Å². The van der Waals surface area contributed by atoms with Crippen LogP contribution in [0.3, 0.4) is 0 Å². The second kappa shape index (κ2) is 9.14. The molecule has 3 aromatic carbocycles. The lowest BCUT2D eigenvalue weighted by Crippen LogP contribution is -2.26. The monoisotopic (exact) mass is 525 g/mol. The fraction of sp³-hybridized carbons (Fsp3) is 0. The topological polar surface area (TPSA) is 71.3 Å². The fourth-order valence-electron chi connectivity index (χ4n) is 2.92. The van der Waals surface area contributed by atoms with Gasteiger partial charge < -0.3 is 5.32 Å². The molecule has 0 bridgehead atoms. The highest BCUT2D eigenvalue weighted by Gasteiger charge is 2.12. The van der Waals surface area contributed by atoms with Crippen molar-refractivity contribution in [2.24, 2.45) is 5.10 Å². The molecule has 1 aromatic heterocycles. The molecule has 0 saturated carbocycles. The Morgan fingerprint density at radius 3 is 2.47 bits per heavy atom. The summed E-state index contributed by atoms with van der Waals surface area (Å²) >= 11 is 7.45. The molecule has 0 radical (unpaired) electrons. The molecule has 148 valence electrons. The molecule has 0 saturated heterocycles. The quantitative estimate of drug-likeness (QED) is 0.180. The van der Waals surface area contributed by atoms with E-state index in [0.29, 0.717) is 27.5 Å². The molecule has 0 amide bonds. The van der Waals surface area contributed by atoms with Crippen LogP contribution in [0.1, 0.15) is 5.82 Å². The second-order valence-corrected chi connectivity index (χ2v) is 7.95. The number of anilines is 1. The number of fused-ring (bicyclic) bond motifs is 1. The number of thiocarbonyl (C=S) groups is 1. The van der Waals surface area contributed by atoms with Crippen LogP contribution in [0.2, 0.25) is 0 Å². The van der Waals surface area contributed by atoms with Crippen molar-refractivity contribution in [1.82, 2.24) is 15.0 Å². The van der Waals surface area contributed by atoms with Crippen LogP contribution in [0.4, 0.5) is 5.69 Å². The van der Waals surface area contributed by atoms with E-state index < -0.39 is 0 Å². The fourth-order valence-corrected chi connectivity index (χ4v) is 3.58. The van der Waals surface area contributed by atoms with Crippen LogP contribution in [0.5, 0.6) is 0 Å². The first-order valence-electron chi connectivity index (χ1n) is 9.05. The summed E-state index contributed by atoms with van der Waals surface area (Å²) in [6.07, 6.45) is 1.49. The number of nitrogens with one attached hydrogen (secondary N) is 2. The normalized spacial score (nSPS) is 11.0. The molecule has 4 rings (SSSR count). The van der Waals surface area contributed by atoms with Gasteiger partial charge in [0.25, 0.3) is 5.56 Å². The van der Waals surface area contributed by atoms with Crippen LogP contribution in [0.25, 0.3) is 16.6 Å². The first kappa shape index (κ1) is 20.2. The summed E-state index contributed by atoms with van der Waals surface area (Å²) in [7, 11) is 0. The van der Waals surface area contributed by atoms with Crippen molar-refractivity contribution < 1.29 is 0 Å². The predicted molar refractivity (Wildman–Crippen MR) is 133 cm³/mol. The summed E-state index contributed by atoms with van der Waals surface area (Å²) in [5.74, 6) is 0.398. The van der Waals surface area contributed by atoms with Gasteiger partial charge in [0.2, 0.25) is 0 Å². The zero-order valence-corrected chi connectivity index (χ0v) is 18.6. The Balaban J connectivity index is 1.69. The second-order valence-electron chi connectivity index (χ2n) is 6.30. The number of benzene rings is 3. The SMILES string of the molecule is O=c1c2cc(I)ccc2nc(/C=N/NC(=S)Nc2ccccc2)n1-c1ccccc1. The number of rotatable bonds is 4. The highest BCUT2D eigenvalue weighted by Crippen LogP contribution is 2.15. The van der Waals surface area contributed by atoms with Gasteiger partial charge in [-0.1, -0.05) is 36.4 Å². The van der Waals surface area contributed by atoms with Crippen molar-refractivity contribution in [2.75, 3.05) is 5.32 Å². The molecule has 0 atom stereocenters. The van der Waals surface area contributed by atoms with Gasteiger partial charge in [0, 0.05) is 9.26 Å². The van der Waals surface area contributed by atoms with Gasteiger partial charge in [-0.15, -0.1) is 0 Å². The number of para-hydroxylation sites is 2. The van der Waals surface area contributed by atoms with Gasteiger partial charge in [-0.2, -0.15) is 5.10 Å². The van der Waals surface area contributed by atoms with Gasteiger partial charge in [0.15, 0.2) is 10.9 Å². The van der Waals surface area contributed by atoms with Crippen molar-refractivity contribution >= 4 is 62.7 Å². The van der Waals surface area contributed by atoms with E-state index in [0.717, 1.165) is 9.26 Å². The lowest BCUT2D eigenvalue weighted by atomic mass is 10.2. The molecule has 0 spiro atoms. The molecule has 4 aromatic rings. The van der Waals surface area contributed by atoms with Crippen molar-refractivity contribution in [3.05, 3.63) is 98.6 Å². The van der Waals surface area contributed by atoms with E-state index in [2.05, 4.69) is 43.4 Å². The van der Waals surface area contributed by atoms with Gasteiger partial charge >= 0.3 is 0 Å². The third kappa shape index (κ3) is 4.55. The summed E-state index contributed by atoms with van der Waals surface area (Å²) in [6.45, 7) is 0. The molecule has 0 aliphatic heterocycles. The Hall–Kier alpha value is -3.11. The maximum absolute atomic E-state index is 13.2. The number of aromatic nitrogens is 2. The summed E-state index contributed by atoms with van der Waals surface area (Å²) in [5.41, 5.74) is 4.78. The lowest BCUT2D eigenvalue weighted by Gasteiger charge is -2.11. The molecule has 1 heterocycles. The lowest BCUT2D eigenvalue weighted by molar-refractivity contribution is 0.939. The number of hydrogen-bond donors (Lipinski definition) is 2. The average Bonchev–Trinajstić information content (AvgIpc) is 2.76. The van der Waals surface area contributed by atoms with E-state index >= 15 is 0 Å². The summed E-state index contributed by atoms with van der Waals surface area (Å²) < 4.78 is 2.51. The van der Waals surface area contributed by atoms with Gasteiger partial charge in [-0.05, 0) is 77.3 Å². The van der Waals surface area contributed by atoms with Gasteiger partial charge in [0.1, 0.15) is 0 Å². The largest absolute Gasteiger partial charge is 0.331 e. The maximum atomic E-state index is 13.2. The minimum absolute atomic E-state index is 0.156. The molecule has 30 heavy (non-hydrogen) atoms. The minimum Gasteiger partial charge on any atom is -0.331 e. The van der Waals surface area contributed by atoms with E-state index in [1.165, 1.54) is 10.8 Å². The van der Waals surface area contributed by atoms with Crippen molar-refractivity contribution in [1.29, 1.82) is 0 Å². The smallest absolute Gasteiger partial charge is 0.266 e. The Bertz CT molecular complexity index is 1290. The number of hydrogen-bond acceptors (Lipinski definition) is 4. The van der Waals surface area contributed by atoms with Crippen molar-refractivity contribution in [3.63, 3.8) is 0 Å². The molecule has 0 aliphatic carbocycles. The molecule has 2 N–H and O–H groups in total. The molecular formula is C22H16IN5OS. The van der Waals surface area contributed by atoms with Crippen LogP contribution < -0.4 is 16.3 Å². The van der Waals surface area contributed by atoms with Crippen molar-refractivity contribution in [2.45, 2.75) is 0 Å². The third-order valence-electron chi connectivity index (χ3n) is 4.25. The van der Waals surface area contributed by atoms with Crippen LogP contribution >= 0.6 is 34.8 Å². The van der Waals surface area contributed by atoms with E-state index in [1.807, 2.05) is 78.9 Å². The molecule has 0 aliphatic rings. The highest BCUT2D eigenvalue weighted by molar-refractivity contribution is 14.1. The first-order chi connectivity index (χ1) is 14.6. The zero-order valence-electron chi connectivity index (χ0n) is 15.6. The number of hydrazone groups is 1. The molecule has 6 nitrogen and oxygen atoms in total. The van der Waals surface area contributed by atoms with Crippen LogP contribution in [0, 0.1) is 3.57 Å². The van der Waals surface area contributed by atoms with Crippen LogP contribution in [-0.2, 0) is 0 Å². The van der Waals surface area contributed by atoms with Gasteiger partial charge in [0.05, 0.1) is 22.8 Å². The van der Waals surface area contributed by atoms with E-state index in [-0.39, 0.29) is 5.56 Å². The summed E-state index contributed by atoms with van der Waals surface area (Å²) in [5, 5.41) is 8.11. The maximum Gasteiger partial charge on any atom is 0.266 e. The first-order valence-corrected chi connectivity index (χ1v) is 10.5. The summed E-state index contributed by atoms with van der Waals surface area (Å²) in [4.78, 5) is 17.9. The van der Waals surface area contributed by atoms with E-state index in [4.69, 9.17) is 12.2 Å². The zero-order chi connectivity index (χ0) is 20.9. The molecule has 8 heteroatoms. The Morgan fingerprint density at radius 1 is 1.03 bits per heavy atom. The molecular weight excluding hydrogens is 509 g/mol. The Morgan fingerprint density at radius 2 is 1.73 bits per heavy atom. The average molecular weight is 525 g/mol. The molecule has 0 unspecified atom stereocenters. The highest BCUT2D eigenvalue weighted by atomic mass is 127.